The van der Waals surface area contributed by atoms with Crippen LogP contribution in [0, 0.1) is 0 Å². The van der Waals surface area contributed by atoms with Crippen LogP contribution in [-0.4, -0.2) is 19.9 Å². The summed E-state index contributed by atoms with van der Waals surface area (Å²) >= 11 is 13.2. The highest BCUT2D eigenvalue weighted by Gasteiger charge is 2.24. The summed E-state index contributed by atoms with van der Waals surface area (Å²) in [6.07, 6.45) is 0.792. The zero-order valence-electron chi connectivity index (χ0n) is 10.7. The molecule has 0 saturated heterocycles. The highest BCUT2D eigenvalue weighted by atomic mass is 35.5. The molecule has 3 rings (SSSR count). The van der Waals surface area contributed by atoms with Gasteiger partial charge >= 0.3 is 0 Å². The minimum Gasteiger partial charge on any atom is -0.311 e. The minimum atomic E-state index is -3.86. The molecule has 0 radical (unpaired) electrons. The lowest BCUT2D eigenvalue weighted by Gasteiger charge is -2.09. The van der Waals surface area contributed by atoms with Crippen molar-refractivity contribution in [1.82, 2.24) is 10.3 Å². The Morgan fingerprint density at radius 3 is 2.67 bits per heavy atom. The number of nitrogens with one attached hydrogen (secondary N) is 2. The van der Waals surface area contributed by atoms with Crippen molar-refractivity contribution in [2.75, 3.05) is 11.3 Å². The van der Waals surface area contributed by atoms with Crippen LogP contribution in [0.1, 0.15) is 10.6 Å². The van der Waals surface area contributed by atoms with E-state index in [0.717, 1.165) is 23.5 Å². The van der Waals surface area contributed by atoms with Crippen molar-refractivity contribution >= 4 is 49.7 Å². The smallest absolute Gasteiger partial charge is 0.266 e. The van der Waals surface area contributed by atoms with E-state index in [0.29, 0.717) is 11.7 Å². The zero-order chi connectivity index (χ0) is 15.0. The van der Waals surface area contributed by atoms with E-state index < -0.39 is 10.0 Å². The number of halogens is 2. The first-order valence-electron chi connectivity index (χ1n) is 6.13. The molecule has 0 bridgehead atoms. The number of fused-ring (bicyclic) bond motifs is 1. The van der Waals surface area contributed by atoms with Gasteiger partial charge in [0.05, 0.1) is 15.7 Å². The van der Waals surface area contributed by atoms with Gasteiger partial charge in [0.15, 0.2) is 5.13 Å². The lowest BCUT2D eigenvalue weighted by molar-refractivity contribution is 0.601. The maximum atomic E-state index is 12.4. The number of anilines is 1. The van der Waals surface area contributed by atoms with Gasteiger partial charge in [-0.1, -0.05) is 40.6 Å². The first-order chi connectivity index (χ1) is 9.97. The summed E-state index contributed by atoms with van der Waals surface area (Å²) in [6, 6.07) is 4.56. The molecule has 2 N–H and O–H groups in total. The molecule has 0 amide bonds. The van der Waals surface area contributed by atoms with E-state index in [9.17, 15) is 8.42 Å². The Balaban J connectivity index is 1.95. The Hall–Kier alpha value is -0.860. The summed E-state index contributed by atoms with van der Waals surface area (Å²) in [7, 11) is -3.86. The second-order valence-corrected chi connectivity index (χ2v) is 7.99. The second-order valence-electron chi connectivity index (χ2n) is 4.47. The molecule has 9 heteroatoms. The van der Waals surface area contributed by atoms with Gasteiger partial charge in [0.1, 0.15) is 4.90 Å². The molecule has 0 fully saturated rings. The zero-order valence-corrected chi connectivity index (χ0v) is 13.8. The Kier molecular flexibility index (Phi) is 4.11. The van der Waals surface area contributed by atoms with Gasteiger partial charge < -0.3 is 5.32 Å². The molecule has 1 aliphatic heterocycles. The second kappa shape index (κ2) is 5.73. The first kappa shape index (κ1) is 15.1. The SMILES string of the molecule is O=S(=O)(Nc1nc2c(s1)CNCC2)c1c(Cl)cccc1Cl. The summed E-state index contributed by atoms with van der Waals surface area (Å²) in [5.41, 5.74) is 0.932. The van der Waals surface area contributed by atoms with Gasteiger partial charge in [-0.15, -0.1) is 0 Å². The van der Waals surface area contributed by atoms with Gasteiger partial charge in [0.2, 0.25) is 0 Å². The van der Waals surface area contributed by atoms with E-state index in [1.807, 2.05) is 0 Å². The van der Waals surface area contributed by atoms with Gasteiger partial charge in [-0.05, 0) is 12.1 Å². The lowest BCUT2D eigenvalue weighted by Crippen LogP contribution is -2.22. The average Bonchev–Trinajstić information content (AvgIpc) is 2.79. The Labute approximate surface area is 136 Å². The van der Waals surface area contributed by atoms with Crippen LogP contribution in [-0.2, 0) is 23.0 Å². The molecule has 0 unspecified atom stereocenters. The van der Waals surface area contributed by atoms with Crippen LogP contribution in [0.2, 0.25) is 10.0 Å². The number of nitrogens with zero attached hydrogens (tertiary/aromatic N) is 1. The third-order valence-electron chi connectivity index (χ3n) is 3.01. The molecule has 0 spiro atoms. The van der Waals surface area contributed by atoms with Crippen molar-refractivity contribution in [3.05, 3.63) is 38.8 Å². The van der Waals surface area contributed by atoms with Crippen LogP contribution in [0.15, 0.2) is 23.1 Å². The van der Waals surface area contributed by atoms with Crippen LogP contribution < -0.4 is 10.0 Å². The predicted molar refractivity (Wildman–Crippen MR) is 84.8 cm³/mol. The molecule has 0 atom stereocenters. The van der Waals surface area contributed by atoms with E-state index in [2.05, 4.69) is 15.0 Å². The van der Waals surface area contributed by atoms with Gasteiger partial charge in [0, 0.05) is 24.4 Å². The molecule has 21 heavy (non-hydrogen) atoms. The lowest BCUT2D eigenvalue weighted by atomic mass is 10.2. The summed E-state index contributed by atoms with van der Waals surface area (Å²) < 4.78 is 27.3. The fourth-order valence-electron chi connectivity index (χ4n) is 2.07. The van der Waals surface area contributed by atoms with Gasteiger partial charge in [-0.3, -0.25) is 4.72 Å². The fraction of sp³-hybridized carbons (Fsp3) is 0.250. The highest BCUT2D eigenvalue weighted by Crippen LogP contribution is 2.32. The van der Waals surface area contributed by atoms with Gasteiger partial charge in [-0.25, -0.2) is 13.4 Å². The number of hydrogen-bond acceptors (Lipinski definition) is 5. The summed E-state index contributed by atoms with van der Waals surface area (Å²) in [4.78, 5) is 5.24. The van der Waals surface area contributed by atoms with Crippen molar-refractivity contribution in [3.63, 3.8) is 0 Å². The molecule has 1 aromatic heterocycles. The molecule has 5 nitrogen and oxygen atoms in total. The average molecular weight is 364 g/mol. The van der Waals surface area contributed by atoms with Crippen molar-refractivity contribution < 1.29 is 8.42 Å². The largest absolute Gasteiger partial charge is 0.311 e. The van der Waals surface area contributed by atoms with Crippen molar-refractivity contribution in [2.24, 2.45) is 0 Å². The fourth-order valence-corrected chi connectivity index (χ4v) is 5.43. The van der Waals surface area contributed by atoms with Crippen LogP contribution in [0.5, 0.6) is 0 Å². The first-order valence-corrected chi connectivity index (χ1v) is 9.19. The summed E-state index contributed by atoms with van der Waals surface area (Å²) in [6.45, 7) is 1.56. The third kappa shape index (κ3) is 3.02. The molecule has 1 aliphatic rings. The molecular formula is C12H11Cl2N3O2S2. The van der Waals surface area contributed by atoms with E-state index in [4.69, 9.17) is 23.2 Å². The Morgan fingerprint density at radius 1 is 1.29 bits per heavy atom. The van der Waals surface area contributed by atoms with E-state index in [1.54, 1.807) is 6.07 Å². The molecule has 0 aliphatic carbocycles. The van der Waals surface area contributed by atoms with Crippen LogP contribution in [0.3, 0.4) is 0 Å². The number of thiazole rings is 1. The molecule has 112 valence electrons. The number of rotatable bonds is 3. The Bertz CT molecular complexity index is 746. The predicted octanol–water partition coefficient (Wildman–Crippen LogP) is 2.90. The third-order valence-corrected chi connectivity index (χ3v) is 6.45. The minimum absolute atomic E-state index is 0.0815. The van der Waals surface area contributed by atoms with Gasteiger partial charge in [-0.2, -0.15) is 0 Å². The van der Waals surface area contributed by atoms with E-state index >= 15 is 0 Å². The molecule has 0 saturated carbocycles. The Morgan fingerprint density at radius 2 is 2.00 bits per heavy atom. The number of hydrogen-bond donors (Lipinski definition) is 2. The monoisotopic (exact) mass is 363 g/mol. The van der Waals surface area contributed by atoms with Crippen LogP contribution >= 0.6 is 34.5 Å². The van der Waals surface area contributed by atoms with Crippen molar-refractivity contribution in [2.45, 2.75) is 17.9 Å². The van der Waals surface area contributed by atoms with Crippen molar-refractivity contribution in [3.8, 4) is 0 Å². The quantitative estimate of drug-likeness (QED) is 0.879. The van der Waals surface area contributed by atoms with Crippen LogP contribution in [0.25, 0.3) is 0 Å². The molecule has 2 aromatic rings. The van der Waals surface area contributed by atoms with Crippen molar-refractivity contribution in [1.29, 1.82) is 0 Å². The van der Waals surface area contributed by atoms with E-state index in [1.165, 1.54) is 23.5 Å². The standard InChI is InChI=1S/C12H11Cl2N3O2S2/c13-7-2-1-3-8(14)11(7)21(18,19)17-12-16-9-4-5-15-6-10(9)20-12/h1-3,15H,4-6H2,(H,16,17). The van der Waals surface area contributed by atoms with Gasteiger partial charge in [0.25, 0.3) is 10.0 Å². The highest BCUT2D eigenvalue weighted by molar-refractivity contribution is 7.93. The van der Waals surface area contributed by atoms with Crippen LogP contribution in [0.4, 0.5) is 5.13 Å². The summed E-state index contributed by atoms with van der Waals surface area (Å²) in [5, 5.41) is 3.71. The molecule has 1 aromatic carbocycles. The normalized spacial score (nSPS) is 14.8. The summed E-state index contributed by atoms with van der Waals surface area (Å²) in [5.74, 6) is 0. The number of sulfonamides is 1. The maximum Gasteiger partial charge on any atom is 0.266 e. The topological polar surface area (TPSA) is 71.1 Å². The van der Waals surface area contributed by atoms with E-state index in [-0.39, 0.29) is 14.9 Å². The molecular weight excluding hydrogens is 353 g/mol. The number of benzene rings is 1. The molecule has 2 heterocycles. The number of aromatic nitrogens is 1. The maximum absolute atomic E-state index is 12.4.